The second kappa shape index (κ2) is 35.9. The van der Waals surface area contributed by atoms with Gasteiger partial charge in [0.25, 0.3) is 0 Å². The summed E-state index contributed by atoms with van der Waals surface area (Å²) < 4.78 is 0. The maximum absolute atomic E-state index is 14.2. The highest BCUT2D eigenvalue weighted by Crippen LogP contribution is 2.14. The summed E-state index contributed by atoms with van der Waals surface area (Å²) in [6, 6.07) is -6.54. The number of rotatable bonds is 37. The number of aliphatic imine (C=N–C) groups is 1. The number of guanidine groups is 1. The molecule has 9 amide bonds. The summed E-state index contributed by atoms with van der Waals surface area (Å²) in [5, 5.41) is 62.0. The SMILES string of the molecule is CSCC[C@H](NC(=O)[C@H](Cc1ccc(O)cc1)NC(=O)CNC(=O)[C@@H](NC(=O)[C@H](CCCN=C(N)N)NC(=O)[C@H](CC(C)C)NC(=O)[C@H](CO)NC(=O)[C@H](CC(C)C)NC(=O)[C@@H](N)CO)C(C)C)C(=O)N[C@@H](Cc1cnc[nH]1)C(=O)O. The van der Waals surface area contributed by atoms with Gasteiger partial charge in [0.05, 0.1) is 26.1 Å². The number of carbonyl (C=O) groups excluding carboxylic acids is 9. The summed E-state index contributed by atoms with van der Waals surface area (Å²) in [6.07, 6.45) is 4.43. The van der Waals surface area contributed by atoms with Gasteiger partial charge in [-0.2, -0.15) is 11.8 Å². The van der Waals surface area contributed by atoms with Gasteiger partial charge in [0.1, 0.15) is 60.1 Å². The van der Waals surface area contributed by atoms with Crippen molar-refractivity contribution < 1.29 is 68.4 Å². The number of phenols is 1. The molecule has 1 heterocycles. The van der Waals surface area contributed by atoms with Gasteiger partial charge in [-0.25, -0.2) is 9.78 Å². The van der Waals surface area contributed by atoms with Crippen molar-refractivity contribution in [2.24, 2.45) is 39.9 Å². The number of benzene rings is 1. The first-order valence-corrected chi connectivity index (χ1v) is 27.8. The zero-order valence-corrected chi connectivity index (χ0v) is 47.6. The molecule has 81 heavy (non-hydrogen) atoms. The number of aliphatic hydroxyl groups is 2. The molecule has 0 spiro atoms. The molecule has 29 nitrogen and oxygen atoms in total. The van der Waals surface area contributed by atoms with Gasteiger partial charge >= 0.3 is 5.97 Å². The van der Waals surface area contributed by atoms with Crippen molar-refractivity contribution in [1.82, 2.24) is 57.8 Å². The van der Waals surface area contributed by atoms with E-state index in [0.717, 1.165) is 0 Å². The molecule has 0 radical (unpaired) electrons. The number of carboxylic acid groups (broad SMARTS) is 1. The molecule has 0 bridgehead atoms. The van der Waals surface area contributed by atoms with Gasteiger partial charge in [-0.1, -0.05) is 53.7 Å². The largest absolute Gasteiger partial charge is 0.508 e. The number of nitrogens with zero attached hydrogens (tertiary/aromatic N) is 2. The lowest BCUT2D eigenvalue weighted by atomic mass is 10.00. The van der Waals surface area contributed by atoms with Crippen molar-refractivity contribution >= 4 is 76.9 Å². The number of carbonyl (C=O) groups is 10. The number of carboxylic acids is 1. The Morgan fingerprint density at radius 3 is 1.64 bits per heavy atom. The minimum Gasteiger partial charge on any atom is -0.508 e. The molecular weight excluding hydrogens is 1080 g/mol. The summed E-state index contributed by atoms with van der Waals surface area (Å²) >= 11 is 1.36. The van der Waals surface area contributed by atoms with Crippen molar-refractivity contribution in [3.63, 3.8) is 0 Å². The van der Waals surface area contributed by atoms with E-state index in [1.165, 1.54) is 48.6 Å². The zero-order chi connectivity index (χ0) is 60.9. The first-order valence-electron chi connectivity index (χ1n) is 26.4. The van der Waals surface area contributed by atoms with Crippen molar-refractivity contribution in [2.45, 2.75) is 141 Å². The number of aromatic hydroxyl groups is 1. The van der Waals surface area contributed by atoms with Crippen molar-refractivity contribution in [3.8, 4) is 5.75 Å². The van der Waals surface area contributed by atoms with E-state index in [-0.39, 0.29) is 75.0 Å². The van der Waals surface area contributed by atoms with Crippen molar-refractivity contribution in [2.75, 3.05) is 38.3 Å². The number of phenolic OH excluding ortho intramolecular Hbond substituents is 1. The molecule has 2 rings (SSSR count). The standard InChI is InChI=1S/C51H83N15O14S/c1-26(2)17-35(62-42(71)32(52)23-67)46(75)65-39(24-68)48(77)63-36(18-27(3)4)45(74)60-33(9-8-15-56-51(53)54)44(73)66-41(28(5)6)49(78)57-22-40(70)59-37(19-29-10-12-31(69)13-11-29)47(76)61-34(14-16-81-7)43(72)64-38(50(79)80)20-30-21-55-25-58-30/h10-13,21,25-28,32-39,41,67-69H,8-9,14-20,22-24,52H2,1-7H3,(H,55,58)(H,57,78)(H,59,70)(H,60,74)(H,61,76)(H,62,71)(H,63,77)(H,64,72)(H,65,75)(H,66,73)(H,79,80)(H4,53,54,56)/t32-,33-,34-,35-,36-,37-,38-,39-,41-/m0/s1. The van der Waals surface area contributed by atoms with Crippen LogP contribution in [-0.2, 0) is 60.8 Å². The molecule has 452 valence electrons. The number of imidazole rings is 1. The quantitative estimate of drug-likeness (QED) is 0.0173. The Kier molecular flexibility index (Phi) is 30.8. The number of aromatic amines is 1. The Hall–Kier alpha value is -7.57. The normalized spacial score (nSPS) is 14.5. The van der Waals surface area contributed by atoms with E-state index in [1.807, 2.05) is 0 Å². The third kappa shape index (κ3) is 26.1. The fourth-order valence-electron chi connectivity index (χ4n) is 7.80. The number of nitrogens with two attached hydrogens (primary N) is 3. The minimum atomic E-state index is -1.62. The molecule has 30 heteroatoms. The third-order valence-electron chi connectivity index (χ3n) is 12.1. The molecule has 9 atom stereocenters. The third-order valence-corrected chi connectivity index (χ3v) is 12.8. The maximum atomic E-state index is 14.2. The predicted molar refractivity (Wildman–Crippen MR) is 299 cm³/mol. The summed E-state index contributed by atoms with van der Waals surface area (Å²) in [7, 11) is 0. The Morgan fingerprint density at radius 2 is 1.14 bits per heavy atom. The van der Waals surface area contributed by atoms with Gasteiger partial charge in [-0.3, -0.25) is 48.1 Å². The van der Waals surface area contributed by atoms with Crippen LogP contribution in [0.2, 0.25) is 0 Å². The van der Waals surface area contributed by atoms with Crippen LogP contribution in [0.1, 0.15) is 84.9 Å². The number of aliphatic hydroxyl groups excluding tert-OH is 2. The Bertz CT molecular complexity index is 2410. The Morgan fingerprint density at radius 1 is 0.630 bits per heavy atom. The number of hydrogen-bond donors (Lipinski definition) is 17. The smallest absolute Gasteiger partial charge is 0.326 e. The molecule has 2 aromatic rings. The summed E-state index contributed by atoms with van der Waals surface area (Å²) in [4.78, 5) is 145. The van der Waals surface area contributed by atoms with Crippen LogP contribution in [0.3, 0.4) is 0 Å². The average Bonchev–Trinajstić information content (AvgIpc) is 3.94. The lowest BCUT2D eigenvalue weighted by Gasteiger charge is -2.28. The van der Waals surface area contributed by atoms with E-state index >= 15 is 0 Å². The molecule has 0 aliphatic heterocycles. The van der Waals surface area contributed by atoms with E-state index in [1.54, 1.807) is 47.8 Å². The highest BCUT2D eigenvalue weighted by molar-refractivity contribution is 7.98. The monoisotopic (exact) mass is 1160 g/mol. The molecule has 0 saturated carbocycles. The minimum absolute atomic E-state index is 0.00205. The maximum Gasteiger partial charge on any atom is 0.326 e. The van der Waals surface area contributed by atoms with Crippen molar-refractivity contribution in [1.29, 1.82) is 0 Å². The average molecular weight is 1160 g/mol. The van der Waals surface area contributed by atoms with E-state index < -0.39 is 139 Å². The molecule has 1 aromatic heterocycles. The van der Waals surface area contributed by atoms with Gasteiger partial charge in [-0.05, 0) is 79.6 Å². The van der Waals surface area contributed by atoms with Gasteiger partial charge < -0.3 is 90.5 Å². The molecule has 0 fully saturated rings. The number of thioether (sulfide) groups is 1. The van der Waals surface area contributed by atoms with E-state index in [9.17, 15) is 68.4 Å². The van der Waals surface area contributed by atoms with Gasteiger partial charge in [0, 0.05) is 31.3 Å². The van der Waals surface area contributed by atoms with Crippen molar-refractivity contribution in [3.05, 3.63) is 48.0 Å². The lowest BCUT2D eigenvalue weighted by Crippen LogP contribution is -2.61. The van der Waals surface area contributed by atoms with Crippen LogP contribution in [0.15, 0.2) is 41.8 Å². The van der Waals surface area contributed by atoms with Crippen LogP contribution in [0.4, 0.5) is 0 Å². The molecule has 0 aliphatic carbocycles. The van der Waals surface area contributed by atoms with Crippen LogP contribution in [0, 0.1) is 17.8 Å². The highest BCUT2D eigenvalue weighted by atomic mass is 32.2. The number of nitrogens with one attached hydrogen (secondary N) is 10. The van der Waals surface area contributed by atoms with E-state index in [0.29, 0.717) is 17.0 Å². The summed E-state index contributed by atoms with van der Waals surface area (Å²) in [6.45, 7) is 7.91. The van der Waals surface area contributed by atoms with Crippen LogP contribution in [0.5, 0.6) is 5.75 Å². The molecular formula is C51H83N15O14S. The zero-order valence-electron chi connectivity index (χ0n) is 46.8. The molecule has 1 aromatic carbocycles. The molecule has 0 aliphatic rings. The molecule has 0 unspecified atom stereocenters. The van der Waals surface area contributed by atoms with Crippen LogP contribution >= 0.6 is 11.8 Å². The first kappa shape index (κ1) is 69.5. The number of aliphatic carboxylic acids is 1. The number of aromatic nitrogens is 2. The Balaban J connectivity index is 2.33. The van der Waals surface area contributed by atoms with Crippen LogP contribution in [0.25, 0.3) is 0 Å². The van der Waals surface area contributed by atoms with E-state index in [4.69, 9.17) is 17.2 Å². The van der Waals surface area contributed by atoms with Crippen LogP contribution < -0.4 is 65.1 Å². The number of amides is 9. The topological polar surface area (TPSA) is 479 Å². The molecule has 0 saturated heterocycles. The first-order chi connectivity index (χ1) is 38.2. The van der Waals surface area contributed by atoms with Crippen LogP contribution in [-0.4, -0.2) is 188 Å². The molecule has 20 N–H and O–H groups in total. The Labute approximate surface area is 474 Å². The van der Waals surface area contributed by atoms with Gasteiger partial charge in [-0.15, -0.1) is 0 Å². The number of H-pyrrole nitrogens is 1. The predicted octanol–water partition coefficient (Wildman–Crippen LogP) is -4.15. The summed E-state index contributed by atoms with van der Waals surface area (Å²) in [5.74, 6) is -10.0. The second-order valence-electron chi connectivity index (χ2n) is 20.4. The summed E-state index contributed by atoms with van der Waals surface area (Å²) in [5.41, 5.74) is 17.5. The fourth-order valence-corrected chi connectivity index (χ4v) is 8.28. The van der Waals surface area contributed by atoms with Gasteiger partial charge in [0.15, 0.2) is 5.96 Å². The van der Waals surface area contributed by atoms with E-state index in [2.05, 4.69) is 62.8 Å². The fraction of sp³-hybridized carbons (Fsp3) is 0.608. The highest BCUT2D eigenvalue weighted by Gasteiger charge is 2.35. The number of hydrogen-bond acceptors (Lipinski definition) is 17. The van der Waals surface area contributed by atoms with Gasteiger partial charge in [0.2, 0.25) is 53.2 Å². The lowest BCUT2D eigenvalue weighted by molar-refractivity contribution is -0.142. The second-order valence-corrected chi connectivity index (χ2v) is 21.4.